The summed E-state index contributed by atoms with van der Waals surface area (Å²) in [5.41, 5.74) is 0.837. The van der Waals surface area contributed by atoms with Gasteiger partial charge in [-0.15, -0.1) is 0 Å². The van der Waals surface area contributed by atoms with Crippen LogP contribution in [0.2, 0.25) is 0 Å². The Balaban J connectivity index is 1.63. The molecule has 98 valence electrons. The molecule has 2 aliphatic heterocycles. The zero-order valence-electron chi connectivity index (χ0n) is 10.7. The summed E-state index contributed by atoms with van der Waals surface area (Å²) in [7, 11) is 0. The second-order valence-electron chi connectivity index (χ2n) is 5.60. The average Bonchev–Trinajstić information content (AvgIpc) is 2.90. The molecule has 2 atom stereocenters. The fourth-order valence-corrected chi connectivity index (χ4v) is 3.19. The van der Waals surface area contributed by atoms with Gasteiger partial charge < -0.3 is 9.80 Å². The summed E-state index contributed by atoms with van der Waals surface area (Å²) in [6, 6.07) is 0. The number of likely N-dealkylation sites (tertiary alicyclic amines) is 2. The molecule has 1 aliphatic carbocycles. The van der Waals surface area contributed by atoms with Crippen molar-refractivity contribution in [1.82, 2.24) is 9.80 Å². The van der Waals surface area contributed by atoms with Crippen LogP contribution < -0.4 is 0 Å². The minimum Gasteiger partial charge on any atom is -0.342 e. The Hall–Kier alpha value is -1.32. The Morgan fingerprint density at radius 2 is 1.17 bits per heavy atom. The van der Waals surface area contributed by atoms with Gasteiger partial charge in [0.25, 0.3) is 0 Å². The molecular formula is C14H20N2O2. The molecule has 0 bridgehead atoms. The molecule has 4 heteroatoms. The van der Waals surface area contributed by atoms with E-state index in [2.05, 4.69) is 6.58 Å². The van der Waals surface area contributed by atoms with E-state index in [1.165, 1.54) is 0 Å². The Bertz CT molecular complexity index is 357. The molecule has 2 amide bonds. The minimum absolute atomic E-state index is 0.134. The molecule has 2 unspecified atom stereocenters. The molecular weight excluding hydrogens is 228 g/mol. The van der Waals surface area contributed by atoms with Crippen LogP contribution in [0.5, 0.6) is 0 Å². The third-order valence-corrected chi connectivity index (χ3v) is 4.39. The summed E-state index contributed by atoms with van der Waals surface area (Å²) in [5, 5.41) is 0. The van der Waals surface area contributed by atoms with Crippen LogP contribution in [0.15, 0.2) is 12.2 Å². The van der Waals surface area contributed by atoms with Crippen molar-refractivity contribution in [3.05, 3.63) is 12.2 Å². The SMILES string of the molecule is C=C1C(C(=O)N2CCCC2)C1C(=O)N1CCCC1. The first-order chi connectivity index (χ1) is 8.70. The molecule has 0 spiro atoms. The molecule has 0 radical (unpaired) electrons. The van der Waals surface area contributed by atoms with Gasteiger partial charge in [-0.05, 0) is 25.7 Å². The number of hydrogen-bond donors (Lipinski definition) is 0. The van der Waals surface area contributed by atoms with Crippen LogP contribution in [0.3, 0.4) is 0 Å². The number of carbonyl (C=O) groups excluding carboxylic acids is 2. The summed E-state index contributed by atoms with van der Waals surface area (Å²) < 4.78 is 0. The molecule has 1 saturated carbocycles. The van der Waals surface area contributed by atoms with Crippen LogP contribution in [-0.4, -0.2) is 47.8 Å². The summed E-state index contributed by atoms with van der Waals surface area (Å²) >= 11 is 0. The highest BCUT2D eigenvalue weighted by atomic mass is 16.2. The lowest BCUT2D eigenvalue weighted by Crippen LogP contribution is -2.33. The van der Waals surface area contributed by atoms with Crippen LogP contribution in [0.25, 0.3) is 0 Å². The first-order valence-electron chi connectivity index (χ1n) is 6.96. The Kier molecular flexibility index (Phi) is 2.88. The predicted octanol–water partition coefficient (Wildman–Crippen LogP) is 1.03. The van der Waals surface area contributed by atoms with Crippen LogP contribution in [0, 0.1) is 11.8 Å². The molecule has 4 nitrogen and oxygen atoms in total. The highest BCUT2D eigenvalue weighted by Crippen LogP contribution is 2.47. The number of carbonyl (C=O) groups is 2. The molecule has 2 saturated heterocycles. The summed E-state index contributed by atoms with van der Waals surface area (Å²) in [6.45, 7) is 7.34. The molecule has 3 rings (SSSR count). The van der Waals surface area contributed by atoms with E-state index < -0.39 is 0 Å². The van der Waals surface area contributed by atoms with Gasteiger partial charge in [0.15, 0.2) is 0 Å². The van der Waals surface area contributed by atoms with Crippen LogP contribution in [-0.2, 0) is 9.59 Å². The molecule has 0 aromatic carbocycles. The van der Waals surface area contributed by atoms with Gasteiger partial charge in [0, 0.05) is 26.2 Å². The fraction of sp³-hybridized carbons (Fsp3) is 0.714. The summed E-state index contributed by atoms with van der Waals surface area (Å²) in [4.78, 5) is 28.3. The van der Waals surface area contributed by atoms with Gasteiger partial charge in [0.05, 0.1) is 11.8 Å². The molecule has 3 aliphatic rings. The highest BCUT2D eigenvalue weighted by Gasteiger charge is 2.55. The summed E-state index contributed by atoms with van der Waals surface area (Å²) in [6.07, 6.45) is 4.37. The zero-order chi connectivity index (χ0) is 12.7. The second-order valence-corrected chi connectivity index (χ2v) is 5.60. The molecule has 0 aromatic rings. The number of rotatable bonds is 2. The first kappa shape index (κ1) is 11.8. The topological polar surface area (TPSA) is 40.6 Å². The van der Waals surface area contributed by atoms with E-state index in [0.29, 0.717) is 0 Å². The minimum atomic E-state index is -0.212. The van der Waals surface area contributed by atoms with Gasteiger partial charge in [0.1, 0.15) is 0 Å². The number of hydrogen-bond acceptors (Lipinski definition) is 2. The third kappa shape index (κ3) is 1.84. The van der Waals surface area contributed by atoms with Crippen molar-refractivity contribution in [2.45, 2.75) is 25.7 Å². The third-order valence-electron chi connectivity index (χ3n) is 4.39. The lowest BCUT2D eigenvalue weighted by Gasteiger charge is -2.17. The van der Waals surface area contributed by atoms with Gasteiger partial charge in [-0.25, -0.2) is 0 Å². The molecule has 0 aromatic heterocycles. The van der Waals surface area contributed by atoms with Crippen LogP contribution >= 0.6 is 0 Å². The maximum Gasteiger partial charge on any atom is 0.230 e. The van der Waals surface area contributed by atoms with E-state index in [1.807, 2.05) is 9.80 Å². The van der Waals surface area contributed by atoms with E-state index in [1.54, 1.807) is 0 Å². The lowest BCUT2D eigenvalue weighted by atomic mass is 10.2. The van der Waals surface area contributed by atoms with Gasteiger partial charge in [0.2, 0.25) is 11.8 Å². The second kappa shape index (κ2) is 4.41. The van der Waals surface area contributed by atoms with Crippen LogP contribution in [0.1, 0.15) is 25.7 Å². The average molecular weight is 248 g/mol. The van der Waals surface area contributed by atoms with Crippen molar-refractivity contribution >= 4 is 11.8 Å². The number of amides is 2. The van der Waals surface area contributed by atoms with E-state index in [-0.39, 0.29) is 23.7 Å². The smallest absolute Gasteiger partial charge is 0.230 e. The molecule has 2 heterocycles. The van der Waals surface area contributed by atoms with Gasteiger partial charge in [-0.2, -0.15) is 0 Å². The molecule has 18 heavy (non-hydrogen) atoms. The lowest BCUT2D eigenvalue weighted by molar-refractivity contribution is -0.136. The van der Waals surface area contributed by atoms with Gasteiger partial charge in [-0.1, -0.05) is 12.2 Å². The number of nitrogens with zero attached hydrogens (tertiary/aromatic N) is 2. The Labute approximate surface area is 108 Å². The van der Waals surface area contributed by atoms with Gasteiger partial charge in [-0.3, -0.25) is 9.59 Å². The standard InChI is InChI=1S/C14H20N2O2/c1-10-11(13(17)15-6-2-3-7-15)12(10)14(18)16-8-4-5-9-16/h11-12H,1-9H2. The van der Waals surface area contributed by atoms with Gasteiger partial charge >= 0.3 is 0 Å². The zero-order valence-corrected chi connectivity index (χ0v) is 10.7. The van der Waals surface area contributed by atoms with Crippen molar-refractivity contribution in [2.75, 3.05) is 26.2 Å². The van der Waals surface area contributed by atoms with Crippen molar-refractivity contribution < 1.29 is 9.59 Å². The van der Waals surface area contributed by atoms with E-state index >= 15 is 0 Å². The first-order valence-corrected chi connectivity index (χ1v) is 6.96. The van der Waals surface area contributed by atoms with Crippen molar-refractivity contribution in [2.24, 2.45) is 11.8 Å². The quantitative estimate of drug-likeness (QED) is 0.685. The Morgan fingerprint density at radius 3 is 1.50 bits per heavy atom. The predicted molar refractivity (Wildman–Crippen MR) is 67.7 cm³/mol. The fourth-order valence-electron chi connectivity index (χ4n) is 3.19. The van der Waals surface area contributed by atoms with Crippen LogP contribution in [0.4, 0.5) is 0 Å². The molecule has 3 fully saturated rings. The van der Waals surface area contributed by atoms with E-state index in [9.17, 15) is 9.59 Å². The van der Waals surface area contributed by atoms with Crippen molar-refractivity contribution in [3.63, 3.8) is 0 Å². The Morgan fingerprint density at radius 1 is 0.833 bits per heavy atom. The van der Waals surface area contributed by atoms with Crippen molar-refractivity contribution in [3.8, 4) is 0 Å². The maximum absolute atomic E-state index is 12.2. The van der Waals surface area contributed by atoms with E-state index in [0.717, 1.165) is 57.4 Å². The monoisotopic (exact) mass is 248 g/mol. The molecule has 0 N–H and O–H groups in total. The highest BCUT2D eigenvalue weighted by molar-refractivity contribution is 5.99. The van der Waals surface area contributed by atoms with Crippen molar-refractivity contribution in [1.29, 1.82) is 0 Å². The normalized spacial score (nSPS) is 31.0. The van der Waals surface area contributed by atoms with E-state index in [4.69, 9.17) is 0 Å². The summed E-state index contributed by atoms with van der Waals surface area (Å²) in [5.74, 6) is -0.155. The maximum atomic E-state index is 12.2. The largest absolute Gasteiger partial charge is 0.342 e.